The number of likely N-dealkylation sites (tertiary alicyclic amines) is 1. The van der Waals surface area contributed by atoms with Crippen LogP contribution in [0.1, 0.15) is 33.6 Å². The number of anilines is 1. The molecular weight excluding hydrogens is 310 g/mol. The average molecular weight is 346 g/mol. The van der Waals surface area contributed by atoms with E-state index in [-0.39, 0.29) is 0 Å². The van der Waals surface area contributed by atoms with Gasteiger partial charge in [0.1, 0.15) is 0 Å². The Morgan fingerprint density at radius 1 is 1.20 bits per heavy atom. The lowest BCUT2D eigenvalue weighted by molar-refractivity contribution is 0.167. The lowest BCUT2D eigenvalue weighted by Crippen LogP contribution is -2.51. The molecule has 1 unspecified atom stereocenters. The lowest BCUT2D eigenvalue weighted by atomic mass is 10.0. The number of nitrogens with one attached hydrogen (secondary N) is 2. The van der Waals surface area contributed by atoms with Gasteiger partial charge in [-0.05, 0) is 45.7 Å². The highest BCUT2D eigenvalue weighted by Gasteiger charge is 2.21. The predicted molar refractivity (Wildman–Crippen MR) is 109 cm³/mol. The molecular formula is C20H35N5. The van der Waals surface area contributed by atoms with E-state index in [1.807, 2.05) is 7.05 Å². The Hall–Kier alpha value is -1.75. The van der Waals surface area contributed by atoms with E-state index in [0.717, 1.165) is 12.5 Å². The molecule has 1 fully saturated rings. The average Bonchev–Trinajstić information content (AvgIpc) is 2.65. The minimum atomic E-state index is 0.378. The molecule has 2 rings (SSSR count). The van der Waals surface area contributed by atoms with E-state index in [9.17, 15) is 0 Å². The summed E-state index contributed by atoms with van der Waals surface area (Å²) in [6.07, 6.45) is 2.36. The monoisotopic (exact) mass is 345 g/mol. The lowest BCUT2D eigenvalue weighted by Gasteiger charge is -2.35. The molecule has 0 bridgehead atoms. The second-order valence-corrected chi connectivity index (χ2v) is 7.30. The summed E-state index contributed by atoms with van der Waals surface area (Å²) < 4.78 is 0. The standard InChI is InChI=1S/C20H35N5/c1-16(2)25-13-11-18(12-14-25)23-20(21-4)22-15-17(3)24(5)19-9-7-6-8-10-19/h6-10,16-18H,11-15H2,1-5H3,(H2,21,22,23). The molecule has 1 aliphatic heterocycles. The Balaban J connectivity index is 1.77. The SMILES string of the molecule is CN=C(NCC(C)N(C)c1ccccc1)NC1CCN(C(C)C)CC1. The third-order valence-electron chi connectivity index (χ3n) is 5.21. The normalized spacial score (nSPS) is 18.2. The quantitative estimate of drug-likeness (QED) is 0.614. The summed E-state index contributed by atoms with van der Waals surface area (Å²) in [7, 11) is 3.99. The number of benzene rings is 1. The molecule has 5 nitrogen and oxygen atoms in total. The number of nitrogens with zero attached hydrogens (tertiary/aromatic N) is 3. The molecule has 1 aliphatic rings. The Morgan fingerprint density at radius 2 is 1.84 bits per heavy atom. The van der Waals surface area contributed by atoms with Crippen LogP contribution in [0.3, 0.4) is 0 Å². The van der Waals surface area contributed by atoms with Gasteiger partial charge in [0.05, 0.1) is 0 Å². The van der Waals surface area contributed by atoms with E-state index >= 15 is 0 Å². The predicted octanol–water partition coefficient (Wildman–Crippen LogP) is 2.55. The number of guanidine groups is 1. The highest BCUT2D eigenvalue weighted by atomic mass is 15.2. The van der Waals surface area contributed by atoms with Crippen molar-refractivity contribution < 1.29 is 0 Å². The van der Waals surface area contributed by atoms with Gasteiger partial charge in [-0.3, -0.25) is 4.99 Å². The number of hydrogen-bond donors (Lipinski definition) is 2. The number of aliphatic imine (C=N–C) groups is 1. The fourth-order valence-electron chi connectivity index (χ4n) is 3.25. The molecule has 1 saturated heterocycles. The van der Waals surface area contributed by atoms with Gasteiger partial charge in [0, 0.05) is 57.5 Å². The van der Waals surface area contributed by atoms with E-state index in [1.54, 1.807) is 0 Å². The second-order valence-electron chi connectivity index (χ2n) is 7.30. The van der Waals surface area contributed by atoms with Crippen LogP contribution in [0.4, 0.5) is 5.69 Å². The van der Waals surface area contributed by atoms with Gasteiger partial charge in [-0.2, -0.15) is 0 Å². The van der Waals surface area contributed by atoms with Crippen LogP contribution in [0, 0.1) is 0 Å². The van der Waals surface area contributed by atoms with Crippen molar-refractivity contribution in [3.8, 4) is 0 Å². The van der Waals surface area contributed by atoms with Crippen molar-refractivity contribution in [3.63, 3.8) is 0 Å². The van der Waals surface area contributed by atoms with Crippen LogP contribution >= 0.6 is 0 Å². The summed E-state index contributed by atoms with van der Waals surface area (Å²) in [5, 5.41) is 7.08. The first-order chi connectivity index (χ1) is 12.0. The van der Waals surface area contributed by atoms with Gasteiger partial charge in [-0.25, -0.2) is 0 Å². The Morgan fingerprint density at radius 3 is 2.40 bits per heavy atom. The highest BCUT2D eigenvalue weighted by molar-refractivity contribution is 5.80. The maximum atomic E-state index is 4.40. The van der Waals surface area contributed by atoms with E-state index in [4.69, 9.17) is 0 Å². The Kier molecular flexibility index (Phi) is 7.56. The van der Waals surface area contributed by atoms with Crippen LogP contribution in [0.5, 0.6) is 0 Å². The molecule has 1 aromatic carbocycles. The maximum absolute atomic E-state index is 4.40. The summed E-state index contributed by atoms with van der Waals surface area (Å²) in [5.41, 5.74) is 1.24. The van der Waals surface area contributed by atoms with Gasteiger partial charge >= 0.3 is 0 Å². The van der Waals surface area contributed by atoms with Crippen molar-refractivity contribution >= 4 is 11.6 Å². The van der Waals surface area contributed by atoms with Gasteiger partial charge < -0.3 is 20.4 Å². The molecule has 1 atom stereocenters. The third kappa shape index (κ3) is 5.92. The van der Waals surface area contributed by atoms with Crippen molar-refractivity contribution in [1.82, 2.24) is 15.5 Å². The van der Waals surface area contributed by atoms with Gasteiger partial charge in [-0.1, -0.05) is 18.2 Å². The molecule has 2 N–H and O–H groups in total. The zero-order chi connectivity index (χ0) is 18.2. The molecule has 0 radical (unpaired) electrons. The second kappa shape index (κ2) is 9.66. The highest BCUT2D eigenvalue weighted by Crippen LogP contribution is 2.14. The summed E-state index contributed by atoms with van der Waals surface area (Å²) >= 11 is 0. The zero-order valence-corrected chi connectivity index (χ0v) is 16.5. The van der Waals surface area contributed by atoms with Crippen molar-refractivity contribution in [2.24, 2.45) is 4.99 Å². The molecule has 0 aliphatic carbocycles. The molecule has 0 amide bonds. The van der Waals surface area contributed by atoms with Crippen molar-refractivity contribution in [1.29, 1.82) is 0 Å². The number of hydrogen-bond acceptors (Lipinski definition) is 3. The van der Waals surface area contributed by atoms with E-state index in [1.165, 1.54) is 31.6 Å². The summed E-state index contributed by atoms with van der Waals surface area (Å²) in [6, 6.07) is 12.0. The first-order valence-corrected chi connectivity index (χ1v) is 9.50. The van der Waals surface area contributed by atoms with Gasteiger partial charge in [0.15, 0.2) is 5.96 Å². The van der Waals surface area contributed by atoms with E-state index in [0.29, 0.717) is 18.1 Å². The van der Waals surface area contributed by atoms with Gasteiger partial charge in [0.25, 0.3) is 0 Å². The first-order valence-electron chi connectivity index (χ1n) is 9.50. The Bertz CT molecular complexity index is 520. The largest absolute Gasteiger partial charge is 0.370 e. The topological polar surface area (TPSA) is 42.9 Å². The van der Waals surface area contributed by atoms with Crippen LogP contribution in [-0.4, -0.2) is 62.7 Å². The van der Waals surface area contributed by atoms with Gasteiger partial charge in [-0.15, -0.1) is 0 Å². The molecule has 25 heavy (non-hydrogen) atoms. The fourth-order valence-corrected chi connectivity index (χ4v) is 3.25. The molecule has 1 heterocycles. The van der Waals surface area contributed by atoms with Crippen molar-refractivity contribution in [3.05, 3.63) is 30.3 Å². The smallest absolute Gasteiger partial charge is 0.191 e. The van der Waals surface area contributed by atoms with Gasteiger partial charge in [0.2, 0.25) is 0 Å². The van der Waals surface area contributed by atoms with Crippen LogP contribution < -0.4 is 15.5 Å². The number of likely N-dealkylation sites (N-methyl/N-ethyl adjacent to an activating group) is 1. The summed E-state index contributed by atoms with van der Waals surface area (Å²) in [5.74, 6) is 0.913. The van der Waals surface area contributed by atoms with Crippen molar-refractivity contribution in [2.45, 2.75) is 51.7 Å². The van der Waals surface area contributed by atoms with E-state index < -0.39 is 0 Å². The zero-order valence-electron chi connectivity index (χ0n) is 16.5. The number of rotatable bonds is 6. The van der Waals surface area contributed by atoms with Crippen molar-refractivity contribution in [2.75, 3.05) is 38.6 Å². The van der Waals surface area contributed by atoms with Crippen LogP contribution in [0.15, 0.2) is 35.3 Å². The minimum Gasteiger partial charge on any atom is -0.370 e. The third-order valence-corrected chi connectivity index (χ3v) is 5.21. The summed E-state index contributed by atoms with van der Waals surface area (Å²) in [6.45, 7) is 9.97. The minimum absolute atomic E-state index is 0.378. The number of piperidine rings is 1. The van der Waals surface area contributed by atoms with Crippen LogP contribution in [0.25, 0.3) is 0 Å². The molecule has 0 spiro atoms. The Labute approximate surface area is 153 Å². The molecule has 0 saturated carbocycles. The van der Waals surface area contributed by atoms with E-state index in [2.05, 4.69) is 83.6 Å². The molecule has 5 heteroatoms. The molecule has 1 aromatic rings. The molecule has 0 aromatic heterocycles. The van der Waals surface area contributed by atoms with Crippen LogP contribution in [0.2, 0.25) is 0 Å². The maximum Gasteiger partial charge on any atom is 0.191 e. The van der Waals surface area contributed by atoms with Crippen LogP contribution in [-0.2, 0) is 0 Å². The first kappa shape index (κ1) is 19.6. The fraction of sp³-hybridized carbons (Fsp3) is 0.650. The molecule has 140 valence electrons. The summed E-state index contributed by atoms with van der Waals surface area (Å²) in [4.78, 5) is 9.24. The number of para-hydroxylation sites is 1.